The molecule has 3 nitrogen and oxygen atoms in total. The van der Waals surface area contributed by atoms with E-state index in [0.717, 1.165) is 23.9 Å². The summed E-state index contributed by atoms with van der Waals surface area (Å²) in [4.78, 5) is 0. The summed E-state index contributed by atoms with van der Waals surface area (Å²) in [5, 5.41) is 20.2. The lowest BCUT2D eigenvalue weighted by Gasteiger charge is -2.37. The normalized spacial score (nSPS) is 12.9. The van der Waals surface area contributed by atoms with Crippen LogP contribution in [0.2, 0.25) is 0 Å². The van der Waals surface area contributed by atoms with Gasteiger partial charge in [0.05, 0.1) is 11.2 Å². The second-order valence-electron chi connectivity index (χ2n) is 8.85. The van der Waals surface area contributed by atoms with E-state index in [-0.39, 0.29) is 5.41 Å². The summed E-state index contributed by atoms with van der Waals surface area (Å²) in [6.07, 6.45) is 1.96. The van der Waals surface area contributed by atoms with Crippen molar-refractivity contribution in [2.24, 2.45) is 0 Å². The Kier molecular flexibility index (Phi) is 6.68. The van der Waals surface area contributed by atoms with E-state index in [1.807, 2.05) is 26.8 Å². The van der Waals surface area contributed by atoms with Crippen molar-refractivity contribution in [2.75, 3.05) is 0 Å². The van der Waals surface area contributed by atoms with Gasteiger partial charge in [-0.3, -0.25) is 0 Å². The number of aryl methyl sites for hydroxylation is 1. The molecule has 0 aromatic heterocycles. The molecule has 2 aromatic rings. The Balaban J connectivity index is 2.29. The van der Waals surface area contributed by atoms with Gasteiger partial charge in [0.15, 0.2) is 0 Å². The average Bonchev–Trinajstić information content (AvgIpc) is 2.64. The topological polar surface area (TPSA) is 49.7 Å². The van der Waals surface area contributed by atoms with Crippen molar-refractivity contribution in [1.29, 1.82) is 0 Å². The second-order valence-corrected chi connectivity index (χ2v) is 8.85. The molecular formula is C24H35BO3. The van der Waals surface area contributed by atoms with Crippen LogP contribution in [-0.4, -0.2) is 28.9 Å². The average molecular weight is 382 g/mol. The Hall–Kier alpha value is -1.78. The summed E-state index contributed by atoms with van der Waals surface area (Å²) in [6, 6.07) is 14.5. The number of hydrogen-bond donors (Lipinski definition) is 2. The van der Waals surface area contributed by atoms with Crippen molar-refractivity contribution in [2.45, 2.75) is 77.9 Å². The quantitative estimate of drug-likeness (QED) is 0.668. The van der Waals surface area contributed by atoms with E-state index in [4.69, 9.17) is 4.65 Å². The minimum atomic E-state index is -0.913. The molecule has 0 aliphatic heterocycles. The first-order valence-electron chi connectivity index (χ1n) is 10.2. The number of phenolic OH excluding ortho intramolecular Hbond substituents is 1. The third-order valence-corrected chi connectivity index (χ3v) is 6.54. The van der Waals surface area contributed by atoms with Crippen LogP contribution in [0.25, 0.3) is 0 Å². The monoisotopic (exact) mass is 382 g/mol. The molecule has 0 saturated heterocycles. The number of hydrogen-bond acceptors (Lipinski definition) is 3. The number of benzene rings is 2. The van der Waals surface area contributed by atoms with E-state index in [1.54, 1.807) is 19.9 Å². The molecular weight excluding hydrogens is 347 g/mol. The SMILES string of the molecule is CCC(CC)(c1ccc(BOC(C)(C)C(C)(C)O)cc1)c1ccc(O)c(C)c1. The van der Waals surface area contributed by atoms with E-state index in [0.29, 0.717) is 13.2 Å². The van der Waals surface area contributed by atoms with Crippen LogP contribution in [0.1, 0.15) is 71.1 Å². The summed E-state index contributed by atoms with van der Waals surface area (Å²) in [5.41, 5.74) is 2.87. The summed E-state index contributed by atoms with van der Waals surface area (Å²) in [6.45, 7) is 13.7. The first kappa shape index (κ1) is 22.5. The molecule has 0 radical (unpaired) electrons. The Morgan fingerprint density at radius 1 is 0.893 bits per heavy atom. The fraction of sp³-hybridized carbons (Fsp3) is 0.500. The largest absolute Gasteiger partial charge is 0.508 e. The van der Waals surface area contributed by atoms with Crippen LogP contribution < -0.4 is 5.46 Å². The van der Waals surface area contributed by atoms with Crippen LogP contribution >= 0.6 is 0 Å². The van der Waals surface area contributed by atoms with E-state index in [9.17, 15) is 10.2 Å². The molecule has 0 heterocycles. The molecule has 0 aliphatic rings. The van der Waals surface area contributed by atoms with E-state index < -0.39 is 11.2 Å². The lowest BCUT2D eigenvalue weighted by molar-refractivity contribution is -0.0893. The molecule has 0 unspecified atom stereocenters. The van der Waals surface area contributed by atoms with Crippen molar-refractivity contribution >= 4 is 12.9 Å². The Labute approximate surface area is 171 Å². The zero-order valence-electron chi connectivity index (χ0n) is 18.5. The molecule has 2 rings (SSSR count). The maximum Gasteiger partial charge on any atom is 0.309 e. The third kappa shape index (κ3) is 4.44. The zero-order chi connectivity index (χ0) is 21.2. The third-order valence-electron chi connectivity index (χ3n) is 6.54. The summed E-state index contributed by atoms with van der Waals surface area (Å²) in [5.74, 6) is 0.340. The van der Waals surface area contributed by atoms with Gasteiger partial charge in [-0.1, -0.05) is 55.7 Å². The molecule has 0 saturated carbocycles. The minimum Gasteiger partial charge on any atom is -0.508 e. The maximum atomic E-state index is 10.3. The second kappa shape index (κ2) is 8.30. The smallest absolute Gasteiger partial charge is 0.309 e. The minimum absolute atomic E-state index is 0.0792. The highest BCUT2D eigenvalue weighted by Gasteiger charge is 2.36. The van der Waals surface area contributed by atoms with Crippen molar-refractivity contribution in [3.8, 4) is 5.75 Å². The highest BCUT2D eigenvalue weighted by atomic mass is 16.5. The molecule has 152 valence electrons. The molecule has 2 N–H and O–H groups in total. The van der Waals surface area contributed by atoms with Crippen molar-refractivity contribution in [1.82, 2.24) is 0 Å². The van der Waals surface area contributed by atoms with Gasteiger partial charge in [-0.15, -0.1) is 0 Å². The van der Waals surface area contributed by atoms with Gasteiger partial charge in [0.1, 0.15) is 5.75 Å². The first-order valence-corrected chi connectivity index (χ1v) is 10.2. The lowest BCUT2D eigenvalue weighted by Crippen LogP contribution is -2.49. The Bertz CT molecular complexity index is 784. The predicted molar refractivity (Wildman–Crippen MR) is 119 cm³/mol. The van der Waals surface area contributed by atoms with Crippen LogP contribution in [0.15, 0.2) is 42.5 Å². The molecule has 4 heteroatoms. The van der Waals surface area contributed by atoms with Crippen molar-refractivity contribution < 1.29 is 14.9 Å². The zero-order valence-corrected chi connectivity index (χ0v) is 18.5. The highest BCUT2D eigenvalue weighted by molar-refractivity contribution is 6.47. The maximum absolute atomic E-state index is 10.3. The fourth-order valence-electron chi connectivity index (χ4n) is 3.55. The van der Waals surface area contributed by atoms with Crippen LogP contribution in [0.3, 0.4) is 0 Å². The molecule has 0 fully saturated rings. The van der Waals surface area contributed by atoms with Gasteiger partial charge < -0.3 is 14.9 Å². The van der Waals surface area contributed by atoms with Gasteiger partial charge in [-0.2, -0.15) is 0 Å². The van der Waals surface area contributed by atoms with Crippen molar-refractivity contribution in [3.05, 3.63) is 59.2 Å². The molecule has 0 amide bonds. The van der Waals surface area contributed by atoms with Crippen LogP contribution in [0.4, 0.5) is 0 Å². The van der Waals surface area contributed by atoms with Crippen molar-refractivity contribution in [3.63, 3.8) is 0 Å². The Morgan fingerprint density at radius 3 is 1.89 bits per heavy atom. The van der Waals surface area contributed by atoms with E-state index >= 15 is 0 Å². The van der Waals surface area contributed by atoms with Crippen LogP contribution in [0.5, 0.6) is 5.75 Å². The lowest BCUT2D eigenvalue weighted by atomic mass is 9.69. The predicted octanol–water partition coefficient (Wildman–Crippen LogP) is 4.35. The van der Waals surface area contributed by atoms with Crippen LogP contribution in [-0.2, 0) is 10.1 Å². The number of aliphatic hydroxyl groups is 1. The Morgan fingerprint density at radius 2 is 1.43 bits per heavy atom. The number of aromatic hydroxyl groups is 1. The highest BCUT2D eigenvalue weighted by Crippen LogP contribution is 2.39. The van der Waals surface area contributed by atoms with Gasteiger partial charge in [0.25, 0.3) is 0 Å². The molecule has 0 atom stereocenters. The molecule has 0 aliphatic carbocycles. The first-order chi connectivity index (χ1) is 13.0. The molecule has 0 spiro atoms. The molecule has 28 heavy (non-hydrogen) atoms. The van der Waals surface area contributed by atoms with Gasteiger partial charge in [-0.25, -0.2) is 0 Å². The summed E-state index contributed by atoms with van der Waals surface area (Å²) in [7, 11) is 0.459. The van der Waals surface area contributed by atoms with Gasteiger partial charge in [0.2, 0.25) is 0 Å². The number of rotatable bonds is 8. The van der Waals surface area contributed by atoms with Crippen LogP contribution in [0, 0.1) is 6.92 Å². The van der Waals surface area contributed by atoms with E-state index in [1.165, 1.54) is 11.1 Å². The summed E-state index contributed by atoms with van der Waals surface area (Å²) < 4.78 is 5.99. The van der Waals surface area contributed by atoms with Gasteiger partial charge in [0, 0.05) is 5.41 Å². The molecule has 0 bridgehead atoms. The van der Waals surface area contributed by atoms with Gasteiger partial charge in [-0.05, 0) is 70.2 Å². The van der Waals surface area contributed by atoms with E-state index in [2.05, 4.69) is 44.2 Å². The number of phenols is 1. The summed E-state index contributed by atoms with van der Waals surface area (Å²) >= 11 is 0. The van der Waals surface area contributed by atoms with Gasteiger partial charge >= 0.3 is 7.48 Å². The fourth-order valence-corrected chi connectivity index (χ4v) is 3.55. The molecule has 2 aromatic carbocycles. The standard InChI is InChI=1S/C24H35BO3/c1-8-24(9-2,19-12-15-21(26)17(3)16-19)18-10-13-20(14-11-18)25-28-23(6,7)22(4,5)27/h10-16,25-27H,8-9H2,1-7H3.